The van der Waals surface area contributed by atoms with Crippen LogP contribution in [0, 0.1) is 0 Å². The van der Waals surface area contributed by atoms with Crippen molar-refractivity contribution in [3.8, 4) is 27.9 Å². The van der Waals surface area contributed by atoms with Gasteiger partial charge in [0.2, 0.25) is 0 Å². The number of fused-ring (bicyclic) bond motifs is 15. The Labute approximate surface area is 288 Å². The maximum Gasteiger partial charge on any atom is 0.151 e. The summed E-state index contributed by atoms with van der Waals surface area (Å²) in [6.45, 7) is 0. The summed E-state index contributed by atoms with van der Waals surface area (Å²) >= 11 is 0. The summed E-state index contributed by atoms with van der Waals surface area (Å²) in [5.74, 6) is 6.30. The molecule has 50 heavy (non-hydrogen) atoms. The van der Waals surface area contributed by atoms with Crippen LogP contribution < -0.4 is 11.6 Å². The smallest absolute Gasteiger partial charge is 0.151 e. The molecule has 234 valence electrons. The van der Waals surface area contributed by atoms with Crippen molar-refractivity contribution in [2.75, 3.05) is 0 Å². The van der Waals surface area contributed by atoms with Crippen LogP contribution in [0.3, 0.4) is 0 Å². The number of nitrogens with zero attached hydrogens (tertiary/aromatic N) is 2. The van der Waals surface area contributed by atoms with Gasteiger partial charge in [0, 0.05) is 21.9 Å². The van der Waals surface area contributed by atoms with E-state index in [1.165, 1.54) is 66.3 Å². The van der Waals surface area contributed by atoms with E-state index in [9.17, 15) is 0 Å². The molecule has 11 rings (SSSR count). The molecule has 1 aromatic heterocycles. The van der Waals surface area contributed by atoms with Gasteiger partial charge in [-0.2, -0.15) is 5.10 Å². The number of hydrazone groups is 1. The average molecular weight is 639 g/mol. The van der Waals surface area contributed by atoms with Crippen LogP contribution in [0.2, 0.25) is 0 Å². The molecule has 1 aliphatic carbocycles. The molecule has 4 nitrogen and oxygen atoms in total. The van der Waals surface area contributed by atoms with E-state index >= 15 is 0 Å². The minimum atomic E-state index is -0.553. The van der Waals surface area contributed by atoms with Crippen molar-refractivity contribution in [1.82, 2.24) is 4.57 Å². The normalized spacial score (nSPS) is 16.0. The predicted molar refractivity (Wildman–Crippen MR) is 207 cm³/mol. The highest BCUT2D eigenvalue weighted by Gasteiger charge is 2.50. The lowest BCUT2D eigenvalue weighted by atomic mass is 9.65. The SMILES string of the molecule is N/N=C(\N)c1c(-c2ccc3c(c2)C2(c4ccccc4-3)c3ccccc3-n3c4ccccc4c4cccc2c43)c2ccccc2c2ccccc12. The van der Waals surface area contributed by atoms with Crippen LogP contribution in [-0.2, 0) is 5.41 Å². The maximum atomic E-state index is 6.73. The minimum Gasteiger partial charge on any atom is -0.382 e. The first-order valence-corrected chi connectivity index (χ1v) is 17.1. The van der Waals surface area contributed by atoms with Gasteiger partial charge in [-0.25, -0.2) is 0 Å². The van der Waals surface area contributed by atoms with Crippen molar-refractivity contribution >= 4 is 49.2 Å². The third-order valence-electron chi connectivity index (χ3n) is 11.3. The molecule has 2 aliphatic rings. The Balaban J connectivity index is 1.33. The number of hydrogen-bond acceptors (Lipinski definition) is 2. The first-order chi connectivity index (χ1) is 24.7. The molecule has 1 unspecified atom stereocenters. The van der Waals surface area contributed by atoms with Crippen LogP contribution in [0.25, 0.3) is 71.3 Å². The fourth-order valence-corrected chi connectivity index (χ4v) is 9.49. The fourth-order valence-electron chi connectivity index (χ4n) is 9.49. The Morgan fingerprint density at radius 3 is 1.92 bits per heavy atom. The Morgan fingerprint density at radius 1 is 0.500 bits per heavy atom. The quantitative estimate of drug-likeness (QED) is 0.0651. The fraction of sp³-hybridized carbons (Fsp3) is 0.0217. The summed E-state index contributed by atoms with van der Waals surface area (Å²) in [6.07, 6.45) is 0. The largest absolute Gasteiger partial charge is 0.382 e. The van der Waals surface area contributed by atoms with E-state index in [0.29, 0.717) is 5.84 Å². The minimum absolute atomic E-state index is 0.317. The van der Waals surface area contributed by atoms with Crippen LogP contribution in [-0.4, -0.2) is 10.4 Å². The number of hydrogen-bond donors (Lipinski definition) is 2. The van der Waals surface area contributed by atoms with Crippen molar-refractivity contribution in [2.45, 2.75) is 5.41 Å². The number of benzene rings is 8. The molecule has 0 saturated heterocycles. The first-order valence-electron chi connectivity index (χ1n) is 17.1. The van der Waals surface area contributed by atoms with Gasteiger partial charge < -0.3 is 16.1 Å². The van der Waals surface area contributed by atoms with E-state index in [2.05, 4.69) is 167 Å². The van der Waals surface area contributed by atoms with E-state index in [-0.39, 0.29) is 0 Å². The van der Waals surface area contributed by atoms with Gasteiger partial charge in [0.15, 0.2) is 5.84 Å². The van der Waals surface area contributed by atoms with Crippen molar-refractivity contribution < 1.29 is 0 Å². The van der Waals surface area contributed by atoms with Gasteiger partial charge in [-0.15, -0.1) is 0 Å². The standard InChI is InChI=1S/C46H30N4/c47-45(49-48)43-34-17-4-2-13-29(34)28-12-1-3-16-33(28)42(43)27-24-25-31-30-14-5-7-19-36(30)46(39(31)26-27)37-20-8-10-23-41(37)50-40-22-9-6-15-32(40)35-18-11-21-38(46)44(35)50/h1-26H,48H2,(H2,47,49). The molecule has 4 N–H and O–H groups in total. The van der Waals surface area contributed by atoms with Crippen molar-refractivity contribution in [2.24, 2.45) is 16.7 Å². The van der Waals surface area contributed by atoms with Crippen molar-refractivity contribution in [3.63, 3.8) is 0 Å². The second kappa shape index (κ2) is 9.71. The summed E-state index contributed by atoms with van der Waals surface area (Å²) < 4.78 is 2.48. The van der Waals surface area contributed by atoms with Crippen molar-refractivity contribution in [1.29, 1.82) is 0 Å². The van der Waals surface area contributed by atoms with Gasteiger partial charge >= 0.3 is 0 Å². The highest BCUT2D eigenvalue weighted by molar-refractivity contribution is 6.25. The maximum absolute atomic E-state index is 6.73. The second-order valence-electron chi connectivity index (χ2n) is 13.5. The molecular formula is C46H30N4. The number of nitrogens with two attached hydrogens (primary N) is 2. The number of para-hydroxylation sites is 3. The van der Waals surface area contributed by atoms with Gasteiger partial charge in [-0.05, 0) is 78.7 Å². The predicted octanol–water partition coefficient (Wildman–Crippen LogP) is 10.0. The van der Waals surface area contributed by atoms with E-state index in [0.717, 1.165) is 32.8 Å². The summed E-state index contributed by atoms with van der Waals surface area (Å²) in [6, 6.07) is 57.6. The molecule has 1 spiro atoms. The van der Waals surface area contributed by atoms with Crippen LogP contribution in [0.1, 0.15) is 27.8 Å². The van der Waals surface area contributed by atoms with Gasteiger partial charge in [0.25, 0.3) is 0 Å². The van der Waals surface area contributed by atoms with E-state index in [4.69, 9.17) is 11.6 Å². The Bertz CT molecular complexity index is 2970. The molecule has 0 bridgehead atoms. The zero-order valence-electron chi connectivity index (χ0n) is 27.1. The Morgan fingerprint density at radius 2 is 1.10 bits per heavy atom. The summed E-state index contributed by atoms with van der Waals surface area (Å²) in [5.41, 5.74) is 20.5. The zero-order chi connectivity index (χ0) is 33.1. The molecule has 8 aromatic carbocycles. The lowest BCUT2D eigenvalue weighted by Gasteiger charge is -2.39. The molecule has 0 radical (unpaired) electrons. The lowest BCUT2D eigenvalue weighted by molar-refractivity contribution is 0.749. The highest BCUT2D eigenvalue weighted by atomic mass is 15.2. The number of amidine groups is 1. The van der Waals surface area contributed by atoms with Crippen LogP contribution in [0.5, 0.6) is 0 Å². The molecule has 0 fully saturated rings. The summed E-state index contributed by atoms with van der Waals surface area (Å²) in [5, 5.41) is 11.1. The van der Waals surface area contributed by atoms with Gasteiger partial charge in [0.1, 0.15) is 0 Å². The van der Waals surface area contributed by atoms with Gasteiger partial charge in [-0.3, -0.25) is 0 Å². The van der Waals surface area contributed by atoms with Crippen LogP contribution >= 0.6 is 0 Å². The van der Waals surface area contributed by atoms with Gasteiger partial charge in [-0.1, -0.05) is 140 Å². The van der Waals surface area contributed by atoms with Crippen LogP contribution in [0.4, 0.5) is 0 Å². The monoisotopic (exact) mass is 638 g/mol. The molecule has 9 aromatic rings. The lowest BCUT2D eigenvalue weighted by Crippen LogP contribution is -2.33. The third-order valence-corrected chi connectivity index (χ3v) is 11.3. The third kappa shape index (κ3) is 3.19. The summed E-state index contributed by atoms with van der Waals surface area (Å²) in [4.78, 5) is 0. The molecule has 0 amide bonds. The van der Waals surface area contributed by atoms with E-state index in [1.807, 2.05) is 0 Å². The van der Waals surface area contributed by atoms with E-state index in [1.54, 1.807) is 0 Å². The molecule has 0 saturated carbocycles. The number of aromatic nitrogens is 1. The summed E-state index contributed by atoms with van der Waals surface area (Å²) in [7, 11) is 0. The topological polar surface area (TPSA) is 69.3 Å². The Hall–Kier alpha value is -6.65. The van der Waals surface area contributed by atoms with Crippen LogP contribution in [0.15, 0.2) is 163 Å². The molecule has 2 heterocycles. The van der Waals surface area contributed by atoms with E-state index < -0.39 is 5.41 Å². The molecule has 4 heteroatoms. The number of rotatable bonds is 2. The molecule has 1 atom stereocenters. The highest BCUT2D eigenvalue weighted by Crippen LogP contribution is 2.61. The zero-order valence-corrected chi connectivity index (χ0v) is 27.1. The molecule has 1 aliphatic heterocycles. The Kier molecular flexibility index (Phi) is 5.31. The average Bonchev–Trinajstić information content (AvgIpc) is 3.67. The van der Waals surface area contributed by atoms with Gasteiger partial charge in [0.05, 0.1) is 22.1 Å². The first kappa shape index (κ1) is 27.3. The molecular weight excluding hydrogens is 609 g/mol. The van der Waals surface area contributed by atoms with Crippen molar-refractivity contribution in [3.05, 3.63) is 186 Å². The second-order valence-corrected chi connectivity index (χ2v) is 13.5.